The first-order valence-electron chi connectivity index (χ1n) is 5.90. The Kier molecular flexibility index (Phi) is 5.16. The number of ketones is 1. The SMILES string of the molecule is CC(C)OCC(=O)c1cccc(OC(C)C)c1. The van der Waals surface area contributed by atoms with E-state index in [1.165, 1.54) is 0 Å². The van der Waals surface area contributed by atoms with Gasteiger partial charge in [-0.2, -0.15) is 0 Å². The molecule has 1 rings (SSSR count). The van der Waals surface area contributed by atoms with E-state index >= 15 is 0 Å². The van der Waals surface area contributed by atoms with Gasteiger partial charge >= 0.3 is 0 Å². The van der Waals surface area contributed by atoms with Crippen molar-refractivity contribution >= 4 is 5.78 Å². The van der Waals surface area contributed by atoms with Crippen molar-refractivity contribution in [3.05, 3.63) is 29.8 Å². The average Bonchev–Trinajstić information content (AvgIpc) is 2.25. The van der Waals surface area contributed by atoms with E-state index in [1.54, 1.807) is 12.1 Å². The number of rotatable bonds is 6. The molecule has 1 aromatic rings. The van der Waals surface area contributed by atoms with Crippen LogP contribution >= 0.6 is 0 Å². The van der Waals surface area contributed by atoms with E-state index in [0.717, 1.165) is 5.75 Å². The fraction of sp³-hybridized carbons (Fsp3) is 0.500. The van der Waals surface area contributed by atoms with Crippen LogP contribution in [0.4, 0.5) is 0 Å². The normalized spacial score (nSPS) is 10.9. The molecule has 0 saturated heterocycles. The predicted octanol–water partition coefficient (Wildman–Crippen LogP) is 3.08. The van der Waals surface area contributed by atoms with Gasteiger partial charge in [-0.3, -0.25) is 4.79 Å². The summed E-state index contributed by atoms with van der Waals surface area (Å²) in [5.41, 5.74) is 0.629. The van der Waals surface area contributed by atoms with Gasteiger partial charge in [0.05, 0.1) is 12.2 Å². The van der Waals surface area contributed by atoms with Crippen LogP contribution in [0.15, 0.2) is 24.3 Å². The summed E-state index contributed by atoms with van der Waals surface area (Å²) in [6.45, 7) is 7.84. The zero-order valence-electron chi connectivity index (χ0n) is 10.9. The third-order valence-electron chi connectivity index (χ3n) is 2.08. The molecule has 0 N–H and O–H groups in total. The van der Waals surface area contributed by atoms with Crippen molar-refractivity contribution < 1.29 is 14.3 Å². The maximum Gasteiger partial charge on any atom is 0.188 e. The van der Waals surface area contributed by atoms with Crippen LogP contribution in [0.1, 0.15) is 38.1 Å². The number of carbonyl (C=O) groups is 1. The summed E-state index contributed by atoms with van der Waals surface area (Å²) in [5.74, 6) is 0.698. The molecule has 0 heterocycles. The molecule has 0 aliphatic rings. The maximum absolute atomic E-state index is 11.8. The molecule has 0 aliphatic carbocycles. The highest BCUT2D eigenvalue weighted by Crippen LogP contribution is 2.15. The second kappa shape index (κ2) is 6.40. The molecule has 17 heavy (non-hydrogen) atoms. The van der Waals surface area contributed by atoms with Crippen LogP contribution in [0.5, 0.6) is 5.75 Å². The molecular formula is C14H20O3. The summed E-state index contributed by atoms with van der Waals surface area (Å²) in [4.78, 5) is 11.8. The fourth-order valence-corrected chi connectivity index (χ4v) is 1.34. The van der Waals surface area contributed by atoms with Crippen LogP contribution in [0.3, 0.4) is 0 Å². The Morgan fingerprint density at radius 1 is 1.18 bits per heavy atom. The number of hydrogen-bond acceptors (Lipinski definition) is 3. The molecule has 0 radical (unpaired) electrons. The Bertz CT molecular complexity index is 369. The van der Waals surface area contributed by atoms with Gasteiger partial charge in [0.1, 0.15) is 12.4 Å². The Labute approximate surface area is 103 Å². The summed E-state index contributed by atoms with van der Waals surface area (Å²) in [7, 11) is 0. The topological polar surface area (TPSA) is 35.5 Å². The number of Topliss-reactive ketones (excluding diaryl/α,β-unsaturated/α-hetero) is 1. The fourth-order valence-electron chi connectivity index (χ4n) is 1.34. The van der Waals surface area contributed by atoms with Crippen molar-refractivity contribution in [1.29, 1.82) is 0 Å². The minimum atomic E-state index is -0.0205. The van der Waals surface area contributed by atoms with Gasteiger partial charge in [0, 0.05) is 5.56 Å². The standard InChI is InChI=1S/C14H20O3/c1-10(2)16-9-14(15)12-6-5-7-13(8-12)17-11(3)4/h5-8,10-11H,9H2,1-4H3. The Balaban J connectivity index is 2.67. The van der Waals surface area contributed by atoms with Gasteiger partial charge in [-0.25, -0.2) is 0 Å². The quantitative estimate of drug-likeness (QED) is 0.712. The van der Waals surface area contributed by atoms with Crippen LogP contribution in [0.2, 0.25) is 0 Å². The molecule has 3 heteroatoms. The van der Waals surface area contributed by atoms with Gasteiger partial charge in [0.25, 0.3) is 0 Å². The minimum Gasteiger partial charge on any atom is -0.491 e. The average molecular weight is 236 g/mol. The second-order valence-corrected chi connectivity index (χ2v) is 4.48. The number of carbonyl (C=O) groups excluding carboxylic acids is 1. The molecule has 0 aromatic heterocycles. The Morgan fingerprint density at radius 3 is 2.47 bits per heavy atom. The van der Waals surface area contributed by atoms with Gasteiger partial charge in [0.15, 0.2) is 5.78 Å². The number of ether oxygens (including phenoxy) is 2. The molecular weight excluding hydrogens is 216 g/mol. The lowest BCUT2D eigenvalue weighted by Crippen LogP contribution is -2.13. The summed E-state index contributed by atoms with van der Waals surface area (Å²) in [5, 5.41) is 0. The Morgan fingerprint density at radius 2 is 1.88 bits per heavy atom. The molecule has 0 unspecified atom stereocenters. The Hall–Kier alpha value is -1.35. The van der Waals surface area contributed by atoms with Gasteiger partial charge < -0.3 is 9.47 Å². The summed E-state index contributed by atoms with van der Waals surface area (Å²) in [6, 6.07) is 7.20. The first-order chi connectivity index (χ1) is 7.99. The molecule has 0 saturated carbocycles. The van der Waals surface area contributed by atoms with Crippen molar-refractivity contribution in [3.8, 4) is 5.75 Å². The van der Waals surface area contributed by atoms with E-state index < -0.39 is 0 Å². The molecule has 1 aromatic carbocycles. The highest BCUT2D eigenvalue weighted by atomic mass is 16.5. The van der Waals surface area contributed by atoms with E-state index in [9.17, 15) is 4.79 Å². The van der Waals surface area contributed by atoms with Crippen molar-refractivity contribution in [2.45, 2.75) is 39.9 Å². The first-order valence-corrected chi connectivity index (χ1v) is 5.90. The molecule has 0 fully saturated rings. The number of benzene rings is 1. The third kappa shape index (κ3) is 5.00. The summed E-state index contributed by atoms with van der Waals surface area (Å²) >= 11 is 0. The van der Waals surface area contributed by atoms with E-state index in [-0.39, 0.29) is 24.6 Å². The molecule has 0 amide bonds. The minimum absolute atomic E-state index is 0.0205. The van der Waals surface area contributed by atoms with Crippen LogP contribution in [0, 0.1) is 0 Å². The van der Waals surface area contributed by atoms with E-state index in [2.05, 4.69) is 0 Å². The van der Waals surface area contributed by atoms with Crippen LogP contribution < -0.4 is 4.74 Å². The molecule has 0 aliphatic heterocycles. The van der Waals surface area contributed by atoms with E-state index in [4.69, 9.17) is 9.47 Å². The largest absolute Gasteiger partial charge is 0.491 e. The lowest BCUT2D eigenvalue weighted by Gasteiger charge is -2.11. The zero-order valence-corrected chi connectivity index (χ0v) is 10.9. The summed E-state index contributed by atoms with van der Waals surface area (Å²) < 4.78 is 10.8. The zero-order chi connectivity index (χ0) is 12.8. The number of hydrogen-bond donors (Lipinski definition) is 0. The first kappa shape index (κ1) is 13.7. The molecule has 0 spiro atoms. The highest BCUT2D eigenvalue weighted by molar-refractivity contribution is 5.97. The van der Waals surface area contributed by atoms with Crippen molar-refractivity contribution in [3.63, 3.8) is 0 Å². The molecule has 94 valence electrons. The second-order valence-electron chi connectivity index (χ2n) is 4.48. The summed E-state index contributed by atoms with van der Waals surface area (Å²) in [6.07, 6.45) is 0.168. The smallest absolute Gasteiger partial charge is 0.188 e. The van der Waals surface area contributed by atoms with Crippen LogP contribution in [-0.4, -0.2) is 24.6 Å². The van der Waals surface area contributed by atoms with Crippen molar-refractivity contribution in [1.82, 2.24) is 0 Å². The monoisotopic (exact) mass is 236 g/mol. The van der Waals surface area contributed by atoms with E-state index in [1.807, 2.05) is 39.8 Å². The maximum atomic E-state index is 11.8. The van der Waals surface area contributed by atoms with Gasteiger partial charge in [-0.1, -0.05) is 12.1 Å². The van der Waals surface area contributed by atoms with Crippen LogP contribution in [0.25, 0.3) is 0 Å². The van der Waals surface area contributed by atoms with Gasteiger partial charge in [-0.05, 0) is 39.8 Å². The molecule has 0 bridgehead atoms. The van der Waals surface area contributed by atoms with Crippen molar-refractivity contribution in [2.75, 3.05) is 6.61 Å². The van der Waals surface area contributed by atoms with Gasteiger partial charge in [-0.15, -0.1) is 0 Å². The van der Waals surface area contributed by atoms with E-state index in [0.29, 0.717) is 5.56 Å². The van der Waals surface area contributed by atoms with Crippen LogP contribution in [-0.2, 0) is 4.74 Å². The predicted molar refractivity (Wildman–Crippen MR) is 67.6 cm³/mol. The lowest BCUT2D eigenvalue weighted by atomic mass is 10.1. The molecule has 0 atom stereocenters. The lowest BCUT2D eigenvalue weighted by molar-refractivity contribution is 0.0584. The molecule has 3 nitrogen and oxygen atoms in total. The third-order valence-corrected chi connectivity index (χ3v) is 2.08. The van der Waals surface area contributed by atoms with Gasteiger partial charge in [0.2, 0.25) is 0 Å². The highest BCUT2D eigenvalue weighted by Gasteiger charge is 2.08. The van der Waals surface area contributed by atoms with Crippen molar-refractivity contribution in [2.24, 2.45) is 0 Å².